The van der Waals surface area contributed by atoms with Crippen molar-refractivity contribution in [2.75, 3.05) is 13.2 Å². The molecule has 0 bridgehead atoms. The first-order chi connectivity index (χ1) is 8.17. The minimum atomic E-state index is -0.532. The van der Waals surface area contributed by atoms with E-state index in [1.54, 1.807) is 6.92 Å². The van der Waals surface area contributed by atoms with E-state index in [2.05, 4.69) is 5.32 Å². The molecule has 0 fully saturated rings. The van der Waals surface area contributed by atoms with Gasteiger partial charge in [-0.15, -0.1) is 0 Å². The Balaban J connectivity index is 4.39. The van der Waals surface area contributed by atoms with Crippen LogP contribution in [0.5, 0.6) is 0 Å². The largest absolute Gasteiger partial charge is 0.465 e. The summed E-state index contributed by atoms with van der Waals surface area (Å²) in [5, 5.41) is 2.88. The first-order valence-corrected chi connectivity index (χ1v) is 6.29. The van der Waals surface area contributed by atoms with Crippen molar-refractivity contribution in [2.45, 2.75) is 53.2 Å². The van der Waals surface area contributed by atoms with Gasteiger partial charge in [0.2, 0.25) is 0 Å². The van der Waals surface area contributed by atoms with Crippen LogP contribution >= 0.6 is 0 Å². The van der Waals surface area contributed by atoms with Crippen LogP contribution < -0.4 is 5.32 Å². The second kappa shape index (κ2) is 7.36. The van der Waals surface area contributed by atoms with Crippen molar-refractivity contribution in [1.29, 1.82) is 0 Å². The van der Waals surface area contributed by atoms with E-state index >= 15 is 0 Å². The van der Waals surface area contributed by atoms with Gasteiger partial charge in [0.1, 0.15) is 11.6 Å². The Kier molecular flexibility index (Phi) is 6.91. The number of rotatable bonds is 6. The Morgan fingerprint density at radius 1 is 1.22 bits per heavy atom. The van der Waals surface area contributed by atoms with Crippen LogP contribution in [0.25, 0.3) is 0 Å². The molecule has 0 saturated carbocycles. The number of carbonyl (C=O) groups excluding carboxylic acids is 2. The minimum absolute atomic E-state index is 0.00985. The van der Waals surface area contributed by atoms with Crippen molar-refractivity contribution >= 4 is 11.9 Å². The minimum Gasteiger partial charge on any atom is -0.465 e. The standard InChI is InChI=1S/C13H25NO4/c1-7-17-10(15)8-14-11(9(2)3)12(16)18-13(4,5)6/h9,11,14H,7-8H2,1-6H3/t11-/m0/s1. The van der Waals surface area contributed by atoms with Crippen molar-refractivity contribution in [3.8, 4) is 0 Å². The summed E-state index contributed by atoms with van der Waals surface area (Å²) >= 11 is 0. The molecule has 106 valence electrons. The number of ether oxygens (including phenoxy) is 2. The van der Waals surface area contributed by atoms with E-state index in [0.29, 0.717) is 6.61 Å². The zero-order valence-electron chi connectivity index (χ0n) is 12.2. The number of esters is 2. The van der Waals surface area contributed by atoms with Gasteiger partial charge in [-0.1, -0.05) is 13.8 Å². The Morgan fingerprint density at radius 3 is 2.17 bits per heavy atom. The fraction of sp³-hybridized carbons (Fsp3) is 0.846. The Labute approximate surface area is 109 Å². The Morgan fingerprint density at radius 2 is 1.78 bits per heavy atom. The lowest BCUT2D eigenvalue weighted by Crippen LogP contribution is -2.46. The van der Waals surface area contributed by atoms with E-state index < -0.39 is 11.6 Å². The zero-order valence-corrected chi connectivity index (χ0v) is 12.2. The Bertz CT molecular complexity index is 281. The average molecular weight is 259 g/mol. The third-order valence-electron chi connectivity index (χ3n) is 2.10. The lowest BCUT2D eigenvalue weighted by Gasteiger charge is -2.26. The highest BCUT2D eigenvalue weighted by atomic mass is 16.6. The predicted molar refractivity (Wildman–Crippen MR) is 69.1 cm³/mol. The van der Waals surface area contributed by atoms with E-state index in [1.165, 1.54) is 0 Å². The number of hydrogen-bond acceptors (Lipinski definition) is 5. The topological polar surface area (TPSA) is 64.6 Å². The van der Waals surface area contributed by atoms with E-state index in [-0.39, 0.29) is 24.4 Å². The summed E-state index contributed by atoms with van der Waals surface area (Å²) in [6.07, 6.45) is 0. The van der Waals surface area contributed by atoms with Crippen LogP contribution in [0, 0.1) is 5.92 Å². The summed E-state index contributed by atoms with van der Waals surface area (Å²) in [4.78, 5) is 23.2. The zero-order chi connectivity index (χ0) is 14.3. The molecule has 0 heterocycles. The molecule has 0 aromatic carbocycles. The summed E-state index contributed by atoms with van der Waals surface area (Å²) in [7, 11) is 0. The molecule has 5 nitrogen and oxygen atoms in total. The van der Waals surface area contributed by atoms with Crippen LogP contribution in [-0.4, -0.2) is 36.7 Å². The number of carbonyl (C=O) groups is 2. The maximum atomic E-state index is 11.9. The lowest BCUT2D eigenvalue weighted by molar-refractivity contribution is -0.159. The highest BCUT2D eigenvalue weighted by Gasteiger charge is 2.27. The normalized spacial score (nSPS) is 13.3. The highest BCUT2D eigenvalue weighted by Crippen LogP contribution is 2.12. The molecule has 0 spiro atoms. The fourth-order valence-electron chi connectivity index (χ4n) is 1.36. The van der Waals surface area contributed by atoms with E-state index in [0.717, 1.165) is 0 Å². The van der Waals surface area contributed by atoms with Gasteiger partial charge in [-0.25, -0.2) is 0 Å². The van der Waals surface area contributed by atoms with Gasteiger partial charge in [0.05, 0.1) is 13.2 Å². The molecule has 0 saturated heterocycles. The van der Waals surface area contributed by atoms with Gasteiger partial charge in [0.15, 0.2) is 0 Å². The van der Waals surface area contributed by atoms with Crippen LogP contribution in [0.15, 0.2) is 0 Å². The Hall–Kier alpha value is -1.10. The van der Waals surface area contributed by atoms with Crippen LogP contribution in [0.4, 0.5) is 0 Å². The molecule has 0 aromatic rings. The maximum absolute atomic E-state index is 11.9. The van der Waals surface area contributed by atoms with Gasteiger partial charge in [-0.3, -0.25) is 14.9 Å². The molecule has 0 amide bonds. The average Bonchev–Trinajstić information content (AvgIpc) is 2.14. The van der Waals surface area contributed by atoms with Crippen molar-refractivity contribution in [3.05, 3.63) is 0 Å². The summed E-state index contributed by atoms with van der Waals surface area (Å²) in [6, 6.07) is -0.506. The van der Waals surface area contributed by atoms with Crippen molar-refractivity contribution in [3.63, 3.8) is 0 Å². The summed E-state index contributed by atoms with van der Waals surface area (Å²) in [5.41, 5.74) is -0.532. The second-order valence-electron chi connectivity index (χ2n) is 5.44. The van der Waals surface area contributed by atoms with Gasteiger partial charge in [-0.05, 0) is 33.6 Å². The summed E-state index contributed by atoms with van der Waals surface area (Å²) in [6.45, 7) is 11.3. The quantitative estimate of drug-likeness (QED) is 0.732. The fourth-order valence-corrected chi connectivity index (χ4v) is 1.36. The summed E-state index contributed by atoms with van der Waals surface area (Å²) < 4.78 is 10.1. The molecule has 0 unspecified atom stereocenters. The molecular weight excluding hydrogens is 234 g/mol. The molecule has 0 radical (unpaired) electrons. The SMILES string of the molecule is CCOC(=O)CN[C@H](C(=O)OC(C)(C)C)C(C)C. The van der Waals surface area contributed by atoms with Gasteiger partial charge in [0, 0.05) is 0 Å². The molecule has 0 aromatic heterocycles. The van der Waals surface area contributed by atoms with Gasteiger partial charge in [0.25, 0.3) is 0 Å². The van der Waals surface area contributed by atoms with Crippen LogP contribution in [0.1, 0.15) is 41.5 Å². The number of hydrogen-bond donors (Lipinski definition) is 1. The molecule has 18 heavy (non-hydrogen) atoms. The van der Waals surface area contributed by atoms with Gasteiger partial charge < -0.3 is 9.47 Å². The number of nitrogens with one attached hydrogen (secondary N) is 1. The molecule has 0 aliphatic rings. The first kappa shape index (κ1) is 16.9. The van der Waals surface area contributed by atoms with Crippen molar-refractivity contribution in [2.24, 2.45) is 5.92 Å². The monoisotopic (exact) mass is 259 g/mol. The van der Waals surface area contributed by atoms with E-state index in [1.807, 2.05) is 34.6 Å². The van der Waals surface area contributed by atoms with Crippen LogP contribution in [0.2, 0.25) is 0 Å². The molecular formula is C13H25NO4. The van der Waals surface area contributed by atoms with E-state index in [4.69, 9.17) is 9.47 Å². The highest BCUT2D eigenvalue weighted by molar-refractivity contribution is 5.78. The lowest BCUT2D eigenvalue weighted by atomic mass is 10.0. The molecule has 0 rings (SSSR count). The molecule has 0 aliphatic carbocycles. The molecule has 5 heteroatoms. The van der Waals surface area contributed by atoms with Crippen LogP contribution in [0.3, 0.4) is 0 Å². The first-order valence-electron chi connectivity index (χ1n) is 6.29. The van der Waals surface area contributed by atoms with Crippen molar-refractivity contribution < 1.29 is 19.1 Å². The van der Waals surface area contributed by atoms with E-state index in [9.17, 15) is 9.59 Å². The maximum Gasteiger partial charge on any atom is 0.323 e. The molecule has 1 atom stereocenters. The van der Waals surface area contributed by atoms with Gasteiger partial charge >= 0.3 is 11.9 Å². The second-order valence-corrected chi connectivity index (χ2v) is 5.44. The third kappa shape index (κ3) is 7.27. The third-order valence-corrected chi connectivity index (χ3v) is 2.10. The van der Waals surface area contributed by atoms with Crippen LogP contribution in [-0.2, 0) is 19.1 Å². The molecule has 0 aliphatic heterocycles. The van der Waals surface area contributed by atoms with Crippen molar-refractivity contribution in [1.82, 2.24) is 5.32 Å². The molecule has 1 N–H and O–H groups in total. The summed E-state index contributed by atoms with van der Waals surface area (Å²) in [5.74, 6) is -0.678. The predicted octanol–water partition coefficient (Wildman–Crippen LogP) is 1.51. The smallest absolute Gasteiger partial charge is 0.323 e. The van der Waals surface area contributed by atoms with Gasteiger partial charge in [-0.2, -0.15) is 0 Å².